The molecule has 0 atom stereocenters. The largest absolute Gasteiger partial charge is 0.493 e. The van der Waals surface area contributed by atoms with Crippen LogP contribution >= 0.6 is 11.6 Å². The molecule has 1 fully saturated rings. The summed E-state index contributed by atoms with van der Waals surface area (Å²) in [5.74, 6) is 1.18. The number of rotatable bonds is 5. The van der Waals surface area contributed by atoms with E-state index in [2.05, 4.69) is 5.10 Å². The molecule has 9 heteroatoms. The van der Waals surface area contributed by atoms with Crippen LogP contribution in [0.1, 0.15) is 24.2 Å². The van der Waals surface area contributed by atoms with Gasteiger partial charge in [-0.1, -0.05) is 11.6 Å². The number of nitrogens with zero attached hydrogens (tertiary/aromatic N) is 3. The molecule has 2 aromatic rings. The third-order valence-electron chi connectivity index (χ3n) is 4.86. The summed E-state index contributed by atoms with van der Waals surface area (Å²) in [4.78, 5) is 0.309. The molecule has 7 nitrogen and oxygen atoms in total. The van der Waals surface area contributed by atoms with Gasteiger partial charge in [-0.15, -0.1) is 0 Å². The van der Waals surface area contributed by atoms with Crippen LogP contribution in [0.15, 0.2) is 23.1 Å². The summed E-state index contributed by atoms with van der Waals surface area (Å²) in [6, 6.07) is 5.21. The molecule has 27 heavy (non-hydrogen) atoms. The molecular formula is C18H24ClN3O4S. The number of hydrogen-bond acceptors (Lipinski definition) is 5. The van der Waals surface area contributed by atoms with E-state index in [0.717, 1.165) is 0 Å². The van der Waals surface area contributed by atoms with E-state index < -0.39 is 10.0 Å². The molecule has 1 saturated heterocycles. The van der Waals surface area contributed by atoms with Crippen molar-refractivity contribution in [3.05, 3.63) is 34.6 Å². The lowest BCUT2D eigenvalue weighted by Gasteiger charge is -2.31. The van der Waals surface area contributed by atoms with Crippen molar-refractivity contribution in [3.63, 3.8) is 0 Å². The van der Waals surface area contributed by atoms with Crippen LogP contribution in [-0.4, -0.2) is 48.8 Å². The van der Waals surface area contributed by atoms with E-state index in [9.17, 15) is 8.42 Å². The third kappa shape index (κ3) is 3.93. The van der Waals surface area contributed by atoms with Crippen LogP contribution in [0.3, 0.4) is 0 Å². The molecule has 0 saturated carbocycles. The highest BCUT2D eigenvalue weighted by atomic mass is 35.5. The van der Waals surface area contributed by atoms with Crippen LogP contribution in [0.2, 0.25) is 5.02 Å². The topological polar surface area (TPSA) is 73.7 Å². The van der Waals surface area contributed by atoms with E-state index in [1.807, 2.05) is 0 Å². The predicted molar refractivity (Wildman–Crippen MR) is 103 cm³/mol. The van der Waals surface area contributed by atoms with Crippen molar-refractivity contribution < 1.29 is 17.9 Å². The number of methoxy groups -OCH3 is 1. The Kier molecular flexibility index (Phi) is 5.69. The van der Waals surface area contributed by atoms with Crippen molar-refractivity contribution in [2.24, 2.45) is 7.05 Å². The van der Waals surface area contributed by atoms with E-state index in [0.29, 0.717) is 58.7 Å². The minimum absolute atomic E-state index is 0.0809. The maximum atomic E-state index is 13.0. The summed E-state index contributed by atoms with van der Waals surface area (Å²) in [6.07, 6.45) is 1.12. The van der Waals surface area contributed by atoms with E-state index in [1.165, 1.54) is 4.31 Å². The smallest absolute Gasteiger partial charge is 0.246 e. The molecule has 0 radical (unpaired) electrons. The molecule has 1 aliphatic heterocycles. The van der Waals surface area contributed by atoms with Crippen LogP contribution in [0.5, 0.6) is 11.5 Å². The Morgan fingerprint density at radius 3 is 2.41 bits per heavy atom. The quantitative estimate of drug-likeness (QED) is 0.753. The lowest BCUT2D eigenvalue weighted by molar-refractivity contribution is 0.131. The second-order valence-electron chi connectivity index (χ2n) is 6.64. The van der Waals surface area contributed by atoms with Crippen molar-refractivity contribution in [2.45, 2.75) is 37.7 Å². The fourth-order valence-corrected chi connectivity index (χ4v) is 5.40. The first-order chi connectivity index (χ1) is 12.7. The molecule has 0 spiro atoms. The van der Waals surface area contributed by atoms with Gasteiger partial charge < -0.3 is 9.47 Å². The molecule has 1 aromatic heterocycles. The number of piperidine rings is 1. The van der Waals surface area contributed by atoms with Gasteiger partial charge in [0.05, 0.1) is 18.5 Å². The second kappa shape index (κ2) is 7.69. The first-order valence-electron chi connectivity index (χ1n) is 8.74. The lowest BCUT2D eigenvalue weighted by atomic mass is 10.1. The first kappa shape index (κ1) is 20.0. The maximum absolute atomic E-state index is 13.0. The zero-order chi connectivity index (χ0) is 19.8. The molecule has 1 aliphatic rings. The number of halogens is 1. The van der Waals surface area contributed by atoms with Crippen LogP contribution < -0.4 is 9.47 Å². The maximum Gasteiger partial charge on any atom is 0.246 e. The normalized spacial score (nSPS) is 16.5. The van der Waals surface area contributed by atoms with E-state index >= 15 is 0 Å². The van der Waals surface area contributed by atoms with Gasteiger partial charge in [0.25, 0.3) is 0 Å². The van der Waals surface area contributed by atoms with Crippen molar-refractivity contribution in [3.8, 4) is 11.5 Å². The Labute approximate surface area is 164 Å². The molecular weight excluding hydrogens is 390 g/mol. The van der Waals surface area contributed by atoms with Gasteiger partial charge in [0.15, 0.2) is 11.5 Å². The monoisotopic (exact) mass is 413 g/mol. The summed E-state index contributed by atoms with van der Waals surface area (Å²) in [6.45, 7) is 4.30. The van der Waals surface area contributed by atoms with Crippen molar-refractivity contribution in [2.75, 3.05) is 20.2 Å². The van der Waals surface area contributed by atoms with Gasteiger partial charge in [-0.3, -0.25) is 4.68 Å². The number of aromatic nitrogens is 2. The molecule has 148 valence electrons. The second-order valence-corrected chi connectivity index (χ2v) is 8.95. The highest BCUT2D eigenvalue weighted by Crippen LogP contribution is 2.33. The van der Waals surface area contributed by atoms with Gasteiger partial charge in [0, 0.05) is 31.2 Å². The minimum atomic E-state index is -3.56. The van der Waals surface area contributed by atoms with Crippen molar-refractivity contribution in [1.29, 1.82) is 0 Å². The Balaban J connectivity index is 1.70. The lowest BCUT2D eigenvalue weighted by Crippen LogP contribution is -2.42. The van der Waals surface area contributed by atoms with E-state index in [1.54, 1.807) is 50.9 Å². The first-order valence-corrected chi connectivity index (χ1v) is 10.6. The number of sulfonamides is 1. The highest BCUT2D eigenvalue weighted by molar-refractivity contribution is 7.89. The van der Waals surface area contributed by atoms with Crippen LogP contribution in [-0.2, 0) is 17.1 Å². The Hall–Kier alpha value is -1.77. The molecule has 1 aromatic carbocycles. The predicted octanol–water partition coefficient (Wildman–Crippen LogP) is 2.93. The third-order valence-corrected chi connectivity index (χ3v) is 7.25. The zero-order valence-electron chi connectivity index (χ0n) is 15.9. The summed E-state index contributed by atoms with van der Waals surface area (Å²) < 4.78 is 40.5. The van der Waals surface area contributed by atoms with Crippen LogP contribution in [0, 0.1) is 13.8 Å². The Bertz CT molecular complexity index is 934. The van der Waals surface area contributed by atoms with Crippen LogP contribution in [0.4, 0.5) is 0 Å². The zero-order valence-corrected chi connectivity index (χ0v) is 17.5. The molecule has 0 bridgehead atoms. The molecule has 0 aliphatic carbocycles. The van der Waals surface area contributed by atoms with Crippen molar-refractivity contribution >= 4 is 21.6 Å². The summed E-state index contributed by atoms with van der Waals surface area (Å²) in [7, 11) is -0.252. The van der Waals surface area contributed by atoms with E-state index in [4.69, 9.17) is 21.1 Å². The van der Waals surface area contributed by atoms with Crippen LogP contribution in [0.25, 0.3) is 0 Å². The van der Waals surface area contributed by atoms with Gasteiger partial charge in [-0.05, 0) is 38.8 Å². The van der Waals surface area contributed by atoms with Gasteiger partial charge in [0.2, 0.25) is 10.0 Å². The average Bonchev–Trinajstić information content (AvgIpc) is 2.89. The fourth-order valence-electron chi connectivity index (χ4n) is 3.37. The fraction of sp³-hybridized carbons (Fsp3) is 0.500. The molecule has 0 unspecified atom stereocenters. The van der Waals surface area contributed by atoms with Gasteiger partial charge in [-0.25, -0.2) is 8.42 Å². The average molecular weight is 414 g/mol. The van der Waals surface area contributed by atoms with Gasteiger partial charge >= 0.3 is 0 Å². The Morgan fingerprint density at radius 1 is 1.19 bits per heavy atom. The summed E-state index contributed by atoms with van der Waals surface area (Å²) >= 11 is 5.98. The van der Waals surface area contributed by atoms with Gasteiger partial charge in [0.1, 0.15) is 11.0 Å². The Morgan fingerprint density at radius 2 is 1.85 bits per heavy atom. The van der Waals surface area contributed by atoms with Crippen molar-refractivity contribution in [1.82, 2.24) is 14.1 Å². The standard InChI is InChI=1S/C18H24ClN3O4S/c1-12-18(13(2)21(3)20-12)27(23,24)22-9-7-15(8-10-22)26-16-6-5-14(19)11-17(16)25-4/h5-6,11,15H,7-10H2,1-4H3. The summed E-state index contributed by atoms with van der Waals surface area (Å²) in [5.41, 5.74) is 1.18. The number of benzene rings is 1. The minimum Gasteiger partial charge on any atom is -0.493 e. The van der Waals surface area contributed by atoms with E-state index in [-0.39, 0.29) is 6.10 Å². The highest BCUT2D eigenvalue weighted by Gasteiger charge is 2.34. The molecule has 0 N–H and O–H groups in total. The molecule has 2 heterocycles. The summed E-state index contributed by atoms with van der Waals surface area (Å²) in [5, 5.41) is 4.80. The number of hydrogen-bond donors (Lipinski definition) is 0. The molecule has 3 rings (SSSR count). The number of aryl methyl sites for hydroxylation is 2. The van der Waals surface area contributed by atoms with Gasteiger partial charge in [-0.2, -0.15) is 9.40 Å². The number of ether oxygens (including phenoxy) is 2. The molecule has 0 amide bonds. The SMILES string of the molecule is COc1cc(Cl)ccc1OC1CCN(S(=O)(=O)c2c(C)nn(C)c2C)CC1.